The number of rotatable bonds is 8. The molecule has 0 aromatic heterocycles. The van der Waals surface area contributed by atoms with Crippen LogP contribution < -0.4 is 0 Å². The van der Waals surface area contributed by atoms with E-state index in [0.29, 0.717) is 24.5 Å². The Bertz CT molecular complexity index is 813. The lowest BCUT2D eigenvalue weighted by molar-refractivity contribution is -0.138. The molecule has 33 heavy (non-hydrogen) atoms. The van der Waals surface area contributed by atoms with Gasteiger partial charge in [-0.1, -0.05) is 69.4 Å². The number of hydrogen-bond donors (Lipinski definition) is 0. The van der Waals surface area contributed by atoms with Crippen LogP contribution in [0.3, 0.4) is 0 Å². The maximum atomic E-state index is 13.3. The zero-order chi connectivity index (χ0) is 23.8. The summed E-state index contributed by atoms with van der Waals surface area (Å²) < 4.78 is 17.4. The van der Waals surface area contributed by atoms with Crippen LogP contribution in [0.5, 0.6) is 0 Å². The third kappa shape index (κ3) is 6.59. The van der Waals surface area contributed by atoms with Gasteiger partial charge in [-0.15, -0.1) is 0 Å². The number of benzene rings is 1. The molecule has 1 aromatic rings. The van der Waals surface area contributed by atoms with Gasteiger partial charge in [0, 0.05) is 5.57 Å². The molecule has 1 aromatic carbocycles. The summed E-state index contributed by atoms with van der Waals surface area (Å²) in [6.07, 6.45) is 8.56. The highest BCUT2D eigenvalue weighted by atomic mass is 16.6. The van der Waals surface area contributed by atoms with E-state index >= 15 is 0 Å². The third-order valence-corrected chi connectivity index (χ3v) is 6.70. The summed E-state index contributed by atoms with van der Waals surface area (Å²) >= 11 is 0. The van der Waals surface area contributed by atoms with Crippen molar-refractivity contribution in [3.63, 3.8) is 0 Å². The molecule has 0 bridgehead atoms. The van der Waals surface area contributed by atoms with Crippen molar-refractivity contribution >= 4 is 12.1 Å². The normalized spacial score (nSPS) is 23.4. The van der Waals surface area contributed by atoms with Crippen molar-refractivity contribution in [1.82, 2.24) is 4.90 Å². The van der Waals surface area contributed by atoms with Gasteiger partial charge < -0.3 is 14.2 Å². The lowest BCUT2D eigenvalue weighted by Crippen LogP contribution is -2.49. The second-order valence-corrected chi connectivity index (χ2v) is 9.51. The Hall–Kier alpha value is -2.34. The molecule has 3 rings (SSSR count). The van der Waals surface area contributed by atoms with E-state index in [-0.39, 0.29) is 30.8 Å². The van der Waals surface area contributed by atoms with E-state index in [4.69, 9.17) is 14.2 Å². The molecule has 0 radical (unpaired) electrons. The van der Waals surface area contributed by atoms with Crippen LogP contribution in [0, 0.1) is 5.92 Å². The van der Waals surface area contributed by atoms with Gasteiger partial charge in [-0.25, -0.2) is 9.59 Å². The Morgan fingerprint density at radius 1 is 1.09 bits per heavy atom. The van der Waals surface area contributed by atoms with Gasteiger partial charge in [0.25, 0.3) is 0 Å². The molecule has 6 nitrogen and oxygen atoms in total. The average molecular weight is 458 g/mol. The Morgan fingerprint density at radius 2 is 1.79 bits per heavy atom. The lowest BCUT2D eigenvalue weighted by atomic mass is 9.83. The molecule has 6 heteroatoms. The number of nitrogens with zero attached hydrogens (tertiary/aromatic N) is 1. The van der Waals surface area contributed by atoms with Crippen molar-refractivity contribution in [2.45, 2.75) is 97.1 Å². The molecule has 2 atom stereocenters. The predicted molar refractivity (Wildman–Crippen MR) is 127 cm³/mol. The van der Waals surface area contributed by atoms with Crippen molar-refractivity contribution in [2.75, 3.05) is 6.61 Å². The molecule has 1 saturated carbocycles. The number of carbonyl (C=O) groups excluding carboxylic acids is 2. The van der Waals surface area contributed by atoms with Gasteiger partial charge in [0.15, 0.2) is 0 Å². The minimum atomic E-state index is -0.845. The Morgan fingerprint density at radius 3 is 2.42 bits per heavy atom. The number of hydrogen-bond acceptors (Lipinski definition) is 5. The van der Waals surface area contributed by atoms with E-state index < -0.39 is 5.72 Å². The van der Waals surface area contributed by atoms with Crippen LogP contribution in [0.1, 0.15) is 78.2 Å². The molecular weight excluding hydrogens is 418 g/mol. The van der Waals surface area contributed by atoms with Crippen LogP contribution in [0.4, 0.5) is 4.79 Å². The Labute approximate surface area is 198 Å². The van der Waals surface area contributed by atoms with Crippen molar-refractivity contribution in [1.29, 1.82) is 0 Å². The van der Waals surface area contributed by atoms with E-state index in [0.717, 1.165) is 12.0 Å². The van der Waals surface area contributed by atoms with Crippen LogP contribution in [-0.4, -0.2) is 41.4 Å². The quantitative estimate of drug-likeness (QED) is 0.354. The second kappa shape index (κ2) is 11.7. The third-order valence-electron chi connectivity index (χ3n) is 6.70. The first-order chi connectivity index (χ1) is 15.9. The second-order valence-electron chi connectivity index (χ2n) is 9.51. The standard InChI is InChI=1S/C27H39NO5/c1-5-22(25(29)31-6-2)18-24-23(17-20-13-9-7-10-14-20)28(27(3,4)33-24)26(30)32-19-21-15-11-8-12-16-21/h8,11-12,15-16,18,20,23-24H,5-7,9-10,13-14,17,19H2,1-4H3/t23-,24+/m0/s1. The number of esters is 1. The van der Waals surface area contributed by atoms with Gasteiger partial charge in [0.2, 0.25) is 0 Å². The first kappa shape index (κ1) is 25.3. The molecule has 0 N–H and O–H groups in total. The van der Waals surface area contributed by atoms with Crippen LogP contribution >= 0.6 is 0 Å². The molecule has 1 aliphatic carbocycles. The molecule has 1 saturated heterocycles. The molecular formula is C27H39NO5. The smallest absolute Gasteiger partial charge is 0.412 e. The Kier molecular flexibility index (Phi) is 8.95. The summed E-state index contributed by atoms with van der Waals surface area (Å²) in [7, 11) is 0. The minimum Gasteiger partial charge on any atom is -0.463 e. The monoisotopic (exact) mass is 457 g/mol. The van der Waals surface area contributed by atoms with E-state index in [1.165, 1.54) is 32.1 Å². The summed E-state index contributed by atoms with van der Waals surface area (Å²) in [5.74, 6) is 0.220. The van der Waals surface area contributed by atoms with Crippen LogP contribution in [0.2, 0.25) is 0 Å². The molecule has 182 valence electrons. The first-order valence-electron chi connectivity index (χ1n) is 12.4. The molecule has 1 heterocycles. The zero-order valence-electron chi connectivity index (χ0n) is 20.5. The molecule has 2 aliphatic rings. The van der Waals surface area contributed by atoms with Crippen molar-refractivity contribution in [3.05, 3.63) is 47.5 Å². The van der Waals surface area contributed by atoms with Gasteiger partial charge in [-0.05, 0) is 51.2 Å². The number of carbonyl (C=O) groups is 2. The van der Waals surface area contributed by atoms with Crippen molar-refractivity contribution in [3.8, 4) is 0 Å². The van der Waals surface area contributed by atoms with E-state index in [2.05, 4.69) is 0 Å². The largest absolute Gasteiger partial charge is 0.463 e. The van der Waals surface area contributed by atoms with E-state index in [1.54, 1.807) is 11.8 Å². The summed E-state index contributed by atoms with van der Waals surface area (Å²) in [5, 5.41) is 0. The number of amides is 1. The van der Waals surface area contributed by atoms with Crippen LogP contribution in [0.25, 0.3) is 0 Å². The highest BCUT2D eigenvalue weighted by molar-refractivity contribution is 5.88. The summed E-state index contributed by atoms with van der Waals surface area (Å²) in [4.78, 5) is 27.5. The van der Waals surface area contributed by atoms with Crippen molar-refractivity contribution in [2.24, 2.45) is 5.92 Å². The minimum absolute atomic E-state index is 0.192. The van der Waals surface area contributed by atoms with Gasteiger partial charge in [0.1, 0.15) is 12.3 Å². The fraction of sp³-hybridized carbons (Fsp3) is 0.630. The van der Waals surface area contributed by atoms with Gasteiger partial charge in [0.05, 0.1) is 18.8 Å². The summed E-state index contributed by atoms with van der Waals surface area (Å²) in [6, 6.07) is 9.49. The molecule has 1 amide bonds. The van der Waals surface area contributed by atoms with Gasteiger partial charge >= 0.3 is 12.1 Å². The highest BCUT2D eigenvalue weighted by Gasteiger charge is 2.50. The van der Waals surface area contributed by atoms with E-state index in [1.807, 2.05) is 57.2 Å². The molecule has 0 unspecified atom stereocenters. The van der Waals surface area contributed by atoms with Gasteiger partial charge in [-0.3, -0.25) is 4.90 Å². The van der Waals surface area contributed by atoms with Crippen molar-refractivity contribution < 1.29 is 23.8 Å². The summed E-state index contributed by atoms with van der Waals surface area (Å²) in [6.45, 7) is 8.08. The first-order valence-corrected chi connectivity index (χ1v) is 12.4. The topological polar surface area (TPSA) is 65.1 Å². The maximum Gasteiger partial charge on any atom is 0.412 e. The zero-order valence-corrected chi connectivity index (χ0v) is 20.5. The maximum absolute atomic E-state index is 13.3. The fourth-order valence-electron chi connectivity index (χ4n) is 5.06. The molecule has 0 spiro atoms. The highest BCUT2D eigenvalue weighted by Crippen LogP contribution is 2.39. The fourth-order valence-corrected chi connectivity index (χ4v) is 5.06. The van der Waals surface area contributed by atoms with Crippen LogP contribution in [-0.2, 0) is 25.6 Å². The summed E-state index contributed by atoms with van der Waals surface area (Å²) in [5.41, 5.74) is 0.687. The Balaban J connectivity index is 1.84. The van der Waals surface area contributed by atoms with E-state index in [9.17, 15) is 9.59 Å². The average Bonchev–Trinajstić information content (AvgIpc) is 3.06. The molecule has 2 fully saturated rings. The lowest BCUT2D eigenvalue weighted by Gasteiger charge is -2.35. The SMILES string of the molecule is CCOC(=O)C(=C[C@H]1OC(C)(C)N(C(=O)OCc2ccccc2)[C@H]1CC1CCCCC1)CC. The molecule has 1 aliphatic heterocycles. The van der Waals surface area contributed by atoms with Crippen LogP contribution in [0.15, 0.2) is 42.0 Å². The van der Waals surface area contributed by atoms with Gasteiger partial charge in [-0.2, -0.15) is 0 Å². The predicted octanol–water partition coefficient (Wildman–Crippen LogP) is 6.00. The number of ether oxygens (including phenoxy) is 3.